The van der Waals surface area contributed by atoms with Crippen LogP contribution in [0.25, 0.3) is 11.0 Å². The van der Waals surface area contributed by atoms with Crippen molar-refractivity contribution in [2.45, 2.75) is 26.8 Å². The van der Waals surface area contributed by atoms with E-state index < -0.39 is 0 Å². The first-order valence-electron chi connectivity index (χ1n) is 10.3. The number of hydrogen-bond donors (Lipinski definition) is 1. The van der Waals surface area contributed by atoms with Gasteiger partial charge in [0.15, 0.2) is 11.5 Å². The molecule has 158 valence electrons. The van der Waals surface area contributed by atoms with Crippen molar-refractivity contribution in [3.05, 3.63) is 58.4 Å². The van der Waals surface area contributed by atoms with E-state index in [9.17, 15) is 9.90 Å². The lowest BCUT2D eigenvalue weighted by atomic mass is 9.91. The van der Waals surface area contributed by atoms with Gasteiger partial charge in [0.2, 0.25) is 11.2 Å². The van der Waals surface area contributed by atoms with Gasteiger partial charge in [-0.15, -0.1) is 0 Å². The second kappa shape index (κ2) is 8.40. The number of benzene rings is 2. The van der Waals surface area contributed by atoms with Crippen molar-refractivity contribution in [2.75, 3.05) is 20.2 Å². The third kappa shape index (κ3) is 4.00. The Hall–Kier alpha value is -2.99. The van der Waals surface area contributed by atoms with Crippen LogP contribution in [-0.4, -0.2) is 30.2 Å². The van der Waals surface area contributed by atoms with Crippen LogP contribution in [0.3, 0.4) is 0 Å². The standard InChI is InChI=1S/C24H27NO5/c1-15-10-16(2)12-25(11-15)13-18-19(26)9-8-17-23(27)22(14-29-24(17)18)30-21-7-5-4-6-20(21)28-3/h4-9,14-16,26H,10-13H2,1-3H3. The summed E-state index contributed by atoms with van der Waals surface area (Å²) in [6.07, 6.45) is 2.51. The minimum atomic E-state index is -0.288. The molecule has 30 heavy (non-hydrogen) atoms. The maximum Gasteiger partial charge on any atom is 0.235 e. The first kappa shape index (κ1) is 20.3. The number of hydrogen-bond acceptors (Lipinski definition) is 6. The Bertz CT molecular complexity index is 1100. The van der Waals surface area contributed by atoms with E-state index in [1.54, 1.807) is 37.4 Å². The fraction of sp³-hybridized carbons (Fsp3) is 0.375. The highest BCUT2D eigenvalue weighted by atomic mass is 16.5. The molecule has 1 saturated heterocycles. The van der Waals surface area contributed by atoms with E-state index in [2.05, 4.69) is 18.7 Å². The van der Waals surface area contributed by atoms with Gasteiger partial charge in [-0.2, -0.15) is 0 Å². The topological polar surface area (TPSA) is 72.1 Å². The highest BCUT2D eigenvalue weighted by Crippen LogP contribution is 2.33. The maximum atomic E-state index is 13.1. The molecule has 0 aliphatic carbocycles. The highest BCUT2D eigenvalue weighted by molar-refractivity contribution is 5.83. The van der Waals surface area contributed by atoms with Crippen LogP contribution in [0.2, 0.25) is 0 Å². The average molecular weight is 409 g/mol. The summed E-state index contributed by atoms with van der Waals surface area (Å²) in [5, 5.41) is 10.9. The summed E-state index contributed by atoms with van der Waals surface area (Å²) in [6.45, 7) is 6.94. The molecule has 1 fully saturated rings. The van der Waals surface area contributed by atoms with Gasteiger partial charge in [0.25, 0.3) is 0 Å². The summed E-state index contributed by atoms with van der Waals surface area (Å²) in [6, 6.07) is 10.2. The second-order valence-electron chi connectivity index (χ2n) is 8.26. The Kier molecular flexibility index (Phi) is 5.68. The van der Waals surface area contributed by atoms with Gasteiger partial charge in [0.05, 0.1) is 18.1 Å². The largest absolute Gasteiger partial charge is 0.507 e. The van der Waals surface area contributed by atoms with Crippen molar-refractivity contribution < 1.29 is 19.0 Å². The summed E-state index contributed by atoms with van der Waals surface area (Å²) in [5.41, 5.74) is 0.747. The Balaban J connectivity index is 1.69. The minimum Gasteiger partial charge on any atom is -0.507 e. The number of rotatable bonds is 5. The predicted octanol–water partition coefficient (Wildman–Crippen LogP) is 4.78. The smallest absolute Gasteiger partial charge is 0.235 e. The fourth-order valence-electron chi connectivity index (χ4n) is 4.42. The Morgan fingerprint density at radius 2 is 1.77 bits per heavy atom. The number of ether oxygens (including phenoxy) is 2. The normalized spacial score (nSPS) is 19.7. The second-order valence-corrected chi connectivity index (χ2v) is 8.26. The number of para-hydroxylation sites is 2. The Morgan fingerprint density at radius 3 is 2.47 bits per heavy atom. The number of aromatic hydroxyl groups is 1. The van der Waals surface area contributed by atoms with E-state index in [1.807, 2.05) is 6.07 Å². The van der Waals surface area contributed by atoms with Crippen molar-refractivity contribution in [2.24, 2.45) is 11.8 Å². The zero-order valence-electron chi connectivity index (χ0n) is 17.6. The summed E-state index contributed by atoms with van der Waals surface area (Å²) in [7, 11) is 1.54. The number of nitrogens with zero attached hydrogens (tertiary/aromatic N) is 1. The van der Waals surface area contributed by atoms with Crippen LogP contribution in [0.1, 0.15) is 25.8 Å². The summed E-state index contributed by atoms with van der Waals surface area (Å²) < 4.78 is 16.9. The Morgan fingerprint density at radius 1 is 1.07 bits per heavy atom. The van der Waals surface area contributed by atoms with Crippen LogP contribution >= 0.6 is 0 Å². The monoisotopic (exact) mass is 409 g/mol. The predicted molar refractivity (Wildman–Crippen MR) is 115 cm³/mol. The SMILES string of the molecule is COc1ccccc1Oc1coc2c(CN3CC(C)CC(C)C3)c(O)ccc2c1=O. The lowest BCUT2D eigenvalue weighted by Gasteiger charge is -2.35. The molecule has 2 atom stereocenters. The summed E-state index contributed by atoms with van der Waals surface area (Å²) >= 11 is 0. The number of likely N-dealkylation sites (tertiary alicyclic amines) is 1. The lowest BCUT2D eigenvalue weighted by molar-refractivity contribution is 0.133. The fourth-order valence-corrected chi connectivity index (χ4v) is 4.42. The van der Waals surface area contributed by atoms with Crippen molar-refractivity contribution in [3.8, 4) is 23.0 Å². The van der Waals surface area contributed by atoms with E-state index in [1.165, 1.54) is 12.7 Å². The van der Waals surface area contributed by atoms with Crippen LogP contribution in [0.5, 0.6) is 23.0 Å². The quantitative estimate of drug-likeness (QED) is 0.654. The van der Waals surface area contributed by atoms with Gasteiger partial charge in [-0.1, -0.05) is 26.0 Å². The van der Waals surface area contributed by atoms with Gasteiger partial charge in [-0.25, -0.2) is 0 Å². The molecule has 1 aliphatic rings. The molecule has 1 aromatic heterocycles. The van der Waals surface area contributed by atoms with Crippen LogP contribution < -0.4 is 14.9 Å². The molecular weight excluding hydrogens is 382 g/mol. The molecule has 6 nitrogen and oxygen atoms in total. The molecule has 0 amide bonds. The molecule has 6 heteroatoms. The van der Waals surface area contributed by atoms with Crippen LogP contribution in [-0.2, 0) is 6.54 Å². The van der Waals surface area contributed by atoms with E-state index in [4.69, 9.17) is 13.9 Å². The van der Waals surface area contributed by atoms with Crippen LogP contribution in [0, 0.1) is 11.8 Å². The zero-order valence-corrected chi connectivity index (χ0v) is 17.6. The molecule has 0 bridgehead atoms. The van der Waals surface area contributed by atoms with Gasteiger partial charge in [0.1, 0.15) is 17.6 Å². The third-order valence-electron chi connectivity index (χ3n) is 5.60. The first-order chi connectivity index (χ1) is 14.5. The van der Waals surface area contributed by atoms with Crippen LogP contribution in [0.4, 0.5) is 0 Å². The van der Waals surface area contributed by atoms with E-state index in [0.29, 0.717) is 46.4 Å². The van der Waals surface area contributed by atoms with E-state index >= 15 is 0 Å². The molecule has 0 radical (unpaired) electrons. The van der Waals surface area contributed by atoms with Gasteiger partial charge in [-0.05, 0) is 42.5 Å². The van der Waals surface area contributed by atoms with Crippen molar-refractivity contribution in [1.29, 1.82) is 0 Å². The molecule has 1 N–H and O–H groups in total. The van der Waals surface area contributed by atoms with Gasteiger partial charge < -0.3 is 19.0 Å². The molecule has 2 aromatic carbocycles. The molecule has 0 spiro atoms. The molecule has 3 aromatic rings. The molecule has 2 heterocycles. The van der Waals surface area contributed by atoms with Gasteiger partial charge in [-0.3, -0.25) is 9.69 Å². The van der Waals surface area contributed by atoms with E-state index in [0.717, 1.165) is 13.1 Å². The number of fused-ring (bicyclic) bond motifs is 1. The molecular formula is C24H27NO5. The first-order valence-corrected chi connectivity index (χ1v) is 10.3. The summed E-state index contributed by atoms with van der Waals surface area (Å²) in [4.78, 5) is 15.4. The molecule has 0 saturated carbocycles. The number of methoxy groups -OCH3 is 1. The number of phenolic OH excluding ortho intramolecular Hbond substituents is 1. The molecule has 2 unspecified atom stereocenters. The molecule has 1 aliphatic heterocycles. The van der Waals surface area contributed by atoms with Crippen molar-refractivity contribution in [3.63, 3.8) is 0 Å². The maximum absolute atomic E-state index is 13.1. The van der Waals surface area contributed by atoms with Gasteiger partial charge >= 0.3 is 0 Å². The zero-order chi connectivity index (χ0) is 21.3. The van der Waals surface area contributed by atoms with Gasteiger partial charge in [0, 0.05) is 19.6 Å². The lowest BCUT2D eigenvalue weighted by Crippen LogP contribution is -2.38. The van der Waals surface area contributed by atoms with E-state index in [-0.39, 0.29) is 16.9 Å². The number of phenols is 1. The third-order valence-corrected chi connectivity index (χ3v) is 5.60. The van der Waals surface area contributed by atoms with Crippen molar-refractivity contribution >= 4 is 11.0 Å². The Labute approximate surface area is 175 Å². The molecule has 4 rings (SSSR count). The summed E-state index contributed by atoms with van der Waals surface area (Å²) in [5.74, 6) is 2.36. The van der Waals surface area contributed by atoms with Crippen molar-refractivity contribution in [1.82, 2.24) is 4.90 Å². The average Bonchev–Trinajstić information content (AvgIpc) is 2.72. The highest BCUT2D eigenvalue weighted by Gasteiger charge is 2.24. The number of piperidine rings is 1. The van der Waals surface area contributed by atoms with Crippen LogP contribution in [0.15, 0.2) is 51.9 Å². The minimum absolute atomic E-state index is 0.0730.